The molecule has 3 aromatic rings. The van der Waals surface area contributed by atoms with Crippen LogP contribution in [0.15, 0.2) is 34.2 Å². The normalized spacial score (nSPS) is 16.8. The van der Waals surface area contributed by atoms with Crippen molar-refractivity contribution >= 4 is 33.3 Å². The van der Waals surface area contributed by atoms with Crippen molar-refractivity contribution in [2.45, 2.75) is 68.3 Å². The minimum atomic E-state index is 0.164. The zero-order chi connectivity index (χ0) is 19.8. The van der Waals surface area contributed by atoms with Gasteiger partial charge in [-0.25, -0.2) is 4.98 Å². The van der Waals surface area contributed by atoms with Gasteiger partial charge in [-0.1, -0.05) is 42.8 Å². The summed E-state index contributed by atoms with van der Waals surface area (Å²) in [6.07, 6.45) is 8.95. The van der Waals surface area contributed by atoms with E-state index in [1.54, 1.807) is 23.1 Å². The summed E-state index contributed by atoms with van der Waals surface area (Å²) in [5.74, 6) is 0.652. The number of thiophene rings is 1. The number of aromatic nitrogens is 2. The number of hydrogen-bond donors (Lipinski definition) is 0. The van der Waals surface area contributed by atoms with Gasteiger partial charge in [0.25, 0.3) is 5.56 Å². The van der Waals surface area contributed by atoms with Gasteiger partial charge >= 0.3 is 0 Å². The van der Waals surface area contributed by atoms with Crippen LogP contribution in [0.4, 0.5) is 0 Å². The van der Waals surface area contributed by atoms with E-state index in [0.29, 0.717) is 11.3 Å². The molecule has 2 heterocycles. The van der Waals surface area contributed by atoms with E-state index in [4.69, 9.17) is 4.98 Å². The Morgan fingerprint density at radius 2 is 1.97 bits per heavy atom. The second kappa shape index (κ2) is 7.97. The Balaban J connectivity index is 1.60. The maximum atomic E-state index is 13.7. The molecule has 0 bridgehead atoms. The number of rotatable bonds is 4. The Morgan fingerprint density at radius 3 is 2.79 bits per heavy atom. The maximum Gasteiger partial charge on any atom is 0.263 e. The average molecular weight is 422 g/mol. The van der Waals surface area contributed by atoms with Crippen LogP contribution in [0.2, 0.25) is 0 Å². The van der Waals surface area contributed by atoms with Crippen LogP contribution >= 0.6 is 23.1 Å². The Labute approximate surface area is 178 Å². The van der Waals surface area contributed by atoms with Crippen molar-refractivity contribution in [3.05, 3.63) is 56.2 Å². The fourth-order valence-corrected chi connectivity index (χ4v) is 7.06. The minimum Gasteiger partial charge on any atom is -0.284 e. The Hall–Kier alpha value is -2.10. The van der Waals surface area contributed by atoms with Gasteiger partial charge in [-0.05, 0) is 55.7 Å². The average Bonchev–Trinajstić information content (AvgIpc) is 3.40. The standard InChI is InChI=1S/C23H23N3OS2/c24-13-15-7-1-2-8-16(15)14-28-23-25-21-20(18-11-5-6-12-19(18)29-21)22(27)26(23)17-9-3-4-10-17/h1-2,7-8,17H,3-6,9-12,14H2. The maximum absolute atomic E-state index is 13.7. The first-order valence-electron chi connectivity index (χ1n) is 10.4. The predicted molar refractivity (Wildman–Crippen MR) is 119 cm³/mol. The highest BCUT2D eigenvalue weighted by atomic mass is 32.2. The third-order valence-corrected chi connectivity index (χ3v) is 8.36. The van der Waals surface area contributed by atoms with E-state index in [9.17, 15) is 10.1 Å². The molecule has 1 saturated carbocycles. The van der Waals surface area contributed by atoms with Gasteiger partial charge in [0.1, 0.15) is 4.83 Å². The van der Waals surface area contributed by atoms with Gasteiger partial charge in [-0.15, -0.1) is 11.3 Å². The molecule has 2 aliphatic carbocycles. The van der Waals surface area contributed by atoms with Crippen LogP contribution in [0.25, 0.3) is 10.2 Å². The molecular weight excluding hydrogens is 398 g/mol. The number of fused-ring (bicyclic) bond motifs is 3. The van der Waals surface area contributed by atoms with Crippen molar-refractivity contribution in [2.75, 3.05) is 0 Å². The number of aryl methyl sites for hydroxylation is 2. The first kappa shape index (κ1) is 18.9. The van der Waals surface area contributed by atoms with Gasteiger partial charge < -0.3 is 0 Å². The van der Waals surface area contributed by atoms with Crippen molar-refractivity contribution in [1.29, 1.82) is 5.26 Å². The molecule has 0 saturated heterocycles. The number of benzene rings is 1. The van der Waals surface area contributed by atoms with Gasteiger partial charge in [-0.2, -0.15) is 5.26 Å². The molecular formula is C23H23N3OS2. The Kier molecular flexibility index (Phi) is 5.19. The van der Waals surface area contributed by atoms with Gasteiger partial charge in [-0.3, -0.25) is 9.36 Å². The highest BCUT2D eigenvalue weighted by Crippen LogP contribution is 2.38. The van der Waals surface area contributed by atoms with E-state index in [-0.39, 0.29) is 11.6 Å². The lowest BCUT2D eigenvalue weighted by atomic mass is 9.97. The molecule has 2 aliphatic rings. The summed E-state index contributed by atoms with van der Waals surface area (Å²) in [4.78, 5) is 21.0. The highest BCUT2D eigenvalue weighted by Gasteiger charge is 2.27. The SMILES string of the molecule is N#Cc1ccccc1CSc1nc2sc3c(c2c(=O)n1C1CCCC1)CCCC3. The van der Waals surface area contributed by atoms with E-state index < -0.39 is 0 Å². The molecule has 0 unspecified atom stereocenters. The molecule has 148 valence electrons. The third-order valence-electron chi connectivity index (χ3n) is 6.17. The van der Waals surface area contributed by atoms with Crippen LogP contribution in [0.5, 0.6) is 0 Å². The summed E-state index contributed by atoms with van der Waals surface area (Å²) in [5, 5.41) is 11.1. The van der Waals surface area contributed by atoms with Crippen LogP contribution in [-0.2, 0) is 18.6 Å². The predicted octanol–water partition coefficient (Wildman–Crippen LogP) is 5.62. The molecule has 0 amide bonds. The van der Waals surface area contributed by atoms with Gasteiger partial charge in [0.05, 0.1) is 17.0 Å². The smallest absolute Gasteiger partial charge is 0.263 e. The van der Waals surface area contributed by atoms with E-state index in [0.717, 1.165) is 46.6 Å². The number of hydrogen-bond acceptors (Lipinski definition) is 5. The topological polar surface area (TPSA) is 58.7 Å². The summed E-state index contributed by atoms with van der Waals surface area (Å²) >= 11 is 3.32. The van der Waals surface area contributed by atoms with Crippen molar-refractivity contribution in [3.63, 3.8) is 0 Å². The van der Waals surface area contributed by atoms with Crippen molar-refractivity contribution in [2.24, 2.45) is 0 Å². The zero-order valence-electron chi connectivity index (χ0n) is 16.3. The third kappa shape index (κ3) is 3.41. The molecule has 2 aromatic heterocycles. The van der Waals surface area contributed by atoms with Crippen LogP contribution in [0.3, 0.4) is 0 Å². The summed E-state index contributed by atoms with van der Waals surface area (Å²) in [5.41, 5.74) is 3.13. The second-order valence-electron chi connectivity index (χ2n) is 7.96. The molecule has 5 rings (SSSR count). The Morgan fingerprint density at radius 1 is 1.17 bits per heavy atom. The highest BCUT2D eigenvalue weighted by molar-refractivity contribution is 7.98. The molecule has 29 heavy (non-hydrogen) atoms. The van der Waals surface area contributed by atoms with Gasteiger partial charge in [0.2, 0.25) is 0 Å². The molecule has 0 radical (unpaired) electrons. The lowest BCUT2D eigenvalue weighted by Gasteiger charge is -2.18. The lowest BCUT2D eigenvalue weighted by molar-refractivity contribution is 0.457. The first-order valence-corrected chi connectivity index (χ1v) is 12.2. The Bertz CT molecular complexity index is 1170. The minimum absolute atomic E-state index is 0.164. The van der Waals surface area contributed by atoms with E-state index in [1.807, 2.05) is 28.8 Å². The molecule has 0 aliphatic heterocycles. The summed E-state index contributed by atoms with van der Waals surface area (Å²) < 4.78 is 2.00. The molecule has 1 aromatic carbocycles. The molecule has 0 spiro atoms. The molecule has 1 fully saturated rings. The molecule has 0 N–H and O–H groups in total. The van der Waals surface area contributed by atoms with E-state index in [2.05, 4.69) is 6.07 Å². The summed E-state index contributed by atoms with van der Waals surface area (Å²) in [6, 6.07) is 10.2. The largest absolute Gasteiger partial charge is 0.284 e. The summed E-state index contributed by atoms with van der Waals surface area (Å²) in [6.45, 7) is 0. The van der Waals surface area contributed by atoms with Crippen molar-refractivity contribution in [1.82, 2.24) is 9.55 Å². The van der Waals surface area contributed by atoms with Crippen LogP contribution in [0, 0.1) is 11.3 Å². The van der Waals surface area contributed by atoms with Crippen LogP contribution < -0.4 is 5.56 Å². The second-order valence-corrected chi connectivity index (χ2v) is 9.98. The van der Waals surface area contributed by atoms with Gasteiger partial charge in [0, 0.05) is 16.7 Å². The van der Waals surface area contributed by atoms with Gasteiger partial charge in [0.15, 0.2) is 5.16 Å². The molecule has 4 nitrogen and oxygen atoms in total. The fourth-order valence-electron chi connectivity index (χ4n) is 4.68. The monoisotopic (exact) mass is 421 g/mol. The van der Waals surface area contributed by atoms with Crippen molar-refractivity contribution in [3.8, 4) is 6.07 Å². The quantitative estimate of drug-likeness (QED) is 0.405. The van der Waals surface area contributed by atoms with Crippen molar-refractivity contribution < 1.29 is 0 Å². The van der Waals surface area contributed by atoms with E-state index in [1.165, 1.54) is 36.1 Å². The zero-order valence-corrected chi connectivity index (χ0v) is 18.0. The first-order chi connectivity index (χ1) is 14.3. The summed E-state index contributed by atoms with van der Waals surface area (Å²) in [7, 11) is 0. The van der Waals surface area contributed by atoms with Crippen LogP contribution in [-0.4, -0.2) is 9.55 Å². The number of nitrogens with zero attached hydrogens (tertiary/aromatic N) is 3. The molecule has 0 atom stereocenters. The number of thioether (sulfide) groups is 1. The fraction of sp³-hybridized carbons (Fsp3) is 0.435. The van der Waals surface area contributed by atoms with E-state index >= 15 is 0 Å². The lowest BCUT2D eigenvalue weighted by Crippen LogP contribution is -2.26. The molecule has 6 heteroatoms. The van der Waals surface area contributed by atoms with Crippen LogP contribution in [0.1, 0.15) is 66.1 Å². The number of nitriles is 1.